The van der Waals surface area contributed by atoms with E-state index in [0.717, 1.165) is 0 Å². The van der Waals surface area contributed by atoms with Crippen LogP contribution in [0.1, 0.15) is 0 Å². The molecule has 23 heavy (non-hydrogen) atoms. The molecule has 0 aromatic carbocycles. The monoisotopic (exact) mass is 358 g/mol. The Hall–Kier alpha value is -0.0500. The lowest BCUT2D eigenvalue weighted by molar-refractivity contribution is -0.214. The molecule has 2 saturated heterocycles. The van der Waals surface area contributed by atoms with E-state index in [0.29, 0.717) is 11.8 Å². The van der Waals surface area contributed by atoms with Gasteiger partial charge in [0.2, 0.25) is 0 Å². The summed E-state index contributed by atoms with van der Waals surface area (Å²) in [6, 6.07) is 0. The molecular formula is C12H22O10S. The standard InChI is InChI=1S/C12H22O10S/c13-1-3-5(15)7(17)9(19)11(21-3)23-12-10(20)8(18)6(16)4(2-14)22-12/h3-20H,1-2H2/t3?,4?,5-,6-,7?,8?,9?,10?,11-,12-/m1/s1. The van der Waals surface area contributed by atoms with Crippen LogP contribution in [0.3, 0.4) is 0 Å². The minimum absolute atomic E-state index is 0.601. The molecule has 0 aromatic heterocycles. The number of aliphatic hydroxyl groups is 8. The Kier molecular flexibility index (Phi) is 6.61. The van der Waals surface area contributed by atoms with Crippen molar-refractivity contribution in [1.29, 1.82) is 0 Å². The number of ether oxygens (including phenoxy) is 2. The van der Waals surface area contributed by atoms with Crippen molar-refractivity contribution in [2.75, 3.05) is 13.2 Å². The van der Waals surface area contributed by atoms with E-state index < -0.39 is 72.9 Å². The fraction of sp³-hybridized carbons (Fsp3) is 1.00. The highest BCUT2D eigenvalue weighted by Crippen LogP contribution is 2.36. The van der Waals surface area contributed by atoms with Crippen molar-refractivity contribution in [3.8, 4) is 0 Å². The highest BCUT2D eigenvalue weighted by Gasteiger charge is 2.49. The van der Waals surface area contributed by atoms with Gasteiger partial charge in [0.05, 0.1) is 13.2 Å². The first-order valence-corrected chi connectivity index (χ1v) is 8.02. The minimum atomic E-state index is -1.58. The molecule has 2 fully saturated rings. The van der Waals surface area contributed by atoms with Gasteiger partial charge in [0.15, 0.2) is 0 Å². The Morgan fingerprint density at radius 3 is 1.22 bits per heavy atom. The normalized spacial score (nSPS) is 51.7. The summed E-state index contributed by atoms with van der Waals surface area (Å²) in [5, 5.41) is 77.0. The quantitative estimate of drug-likeness (QED) is 0.242. The van der Waals surface area contributed by atoms with Crippen LogP contribution in [0.2, 0.25) is 0 Å². The van der Waals surface area contributed by atoms with Crippen LogP contribution < -0.4 is 0 Å². The molecule has 136 valence electrons. The largest absolute Gasteiger partial charge is 0.394 e. The van der Waals surface area contributed by atoms with Crippen LogP contribution in [-0.4, -0.2) is 114 Å². The molecule has 0 bridgehead atoms. The molecule has 0 saturated carbocycles. The van der Waals surface area contributed by atoms with E-state index >= 15 is 0 Å². The van der Waals surface area contributed by atoms with Gasteiger partial charge in [0.25, 0.3) is 0 Å². The number of hydrogen-bond acceptors (Lipinski definition) is 11. The number of rotatable bonds is 4. The first kappa shape index (κ1) is 19.3. The van der Waals surface area contributed by atoms with E-state index in [4.69, 9.17) is 19.7 Å². The molecule has 8 N–H and O–H groups in total. The second-order valence-electron chi connectivity index (χ2n) is 5.53. The van der Waals surface area contributed by atoms with Crippen LogP contribution in [0.15, 0.2) is 0 Å². The fourth-order valence-corrected chi connectivity index (χ4v) is 3.81. The number of thioether (sulfide) groups is 1. The summed E-state index contributed by atoms with van der Waals surface area (Å²) in [6.07, 6.45) is -11.5. The van der Waals surface area contributed by atoms with Gasteiger partial charge in [-0.2, -0.15) is 0 Å². The van der Waals surface area contributed by atoms with E-state index in [1.165, 1.54) is 0 Å². The molecule has 0 radical (unpaired) electrons. The van der Waals surface area contributed by atoms with E-state index in [-0.39, 0.29) is 0 Å². The highest BCUT2D eigenvalue weighted by molar-refractivity contribution is 8.00. The summed E-state index contributed by atoms with van der Waals surface area (Å²) in [7, 11) is 0. The van der Waals surface area contributed by atoms with Gasteiger partial charge in [0, 0.05) is 0 Å². The zero-order valence-corrected chi connectivity index (χ0v) is 12.8. The van der Waals surface area contributed by atoms with Crippen molar-refractivity contribution in [2.45, 2.75) is 59.7 Å². The smallest absolute Gasteiger partial charge is 0.134 e. The van der Waals surface area contributed by atoms with Gasteiger partial charge in [-0.15, -0.1) is 0 Å². The average Bonchev–Trinajstić information content (AvgIpc) is 2.55. The van der Waals surface area contributed by atoms with Crippen LogP contribution in [-0.2, 0) is 9.47 Å². The first-order valence-electron chi connectivity index (χ1n) is 7.08. The van der Waals surface area contributed by atoms with Gasteiger partial charge in [-0.3, -0.25) is 0 Å². The van der Waals surface area contributed by atoms with Crippen molar-refractivity contribution in [2.24, 2.45) is 0 Å². The lowest BCUT2D eigenvalue weighted by Gasteiger charge is -2.44. The molecular weight excluding hydrogens is 336 g/mol. The van der Waals surface area contributed by atoms with Crippen molar-refractivity contribution in [3.05, 3.63) is 0 Å². The van der Waals surface area contributed by atoms with Crippen LogP contribution >= 0.6 is 11.8 Å². The van der Waals surface area contributed by atoms with Gasteiger partial charge in [-0.1, -0.05) is 11.8 Å². The Bertz CT molecular complexity index is 349. The zero-order valence-electron chi connectivity index (χ0n) is 12.0. The maximum Gasteiger partial charge on any atom is 0.134 e. The van der Waals surface area contributed by atoms with E-state index in [2.05, 4.69) is 0 Å². The van der Waals surface area contributed by atoms with Crippen molar-refractivity contribution >= 4 is 11.8 Å². The van der Waals surface area contributed by atoms with E-state index in [1.807, 2.05) is 0 Å². The number of aliphatic hydroxyl groups excluding tert-OH is 8. The molecule has 2 aliphatic rings. The molecule has 2 aliphatic heterocycles. The van der Waals surface area contributed by atoms with Crippen LogP contribution in [0.5, 0.6) is 0 Å². The van der Waals surface area contributed by atoms with E-state index in [1.54, 1.807) is 0 Å². The lowest BCUT2D eigenvalue weighted by atomic mass is 10.0. The topological polar surface area (TPSA) is 180 Å². The van der Waals surface area contributed by atoms with Gasteiger partial charge < -0.3 is 50.3 Å². The zero-order chi connectivity index (χ0) is 17.3. The predicted molar refractivity (Wildman–Crippen MR) is 75.1 cm³/mol. The summed E-state index contributed by atoms with van der Waals surface area (Å²) in [5.41, 5.74) is -2.35. The van der Waals surface area contributed by atoms with Gasteiger partial charge in [-0.25, -0.2) is 0 Å². The second-order valence-corrected chi connectivity index (χ2v) is 6.73. The summed E-state index contributed by atoms with van der Waals surface area (Å²) in [5.74, 6) is 0. The SMILES string of the molecule is OCC1O[C@H](S[C@H]2OC(CO)[C@@H](O)C(O)C2O)C(O)C(O)[C@@H]1O. The Labute approximate surface area is 135 Å². The minimum Gasteiger partial charge on any atom is -0.394 e. The number of hydrogen-bond donors (Lipinski definition) is 8. The Morgan fingerprint density at radius 1 is 0.565 bits per heavy atom. The summed E-state index contributed by atoms with van der Waals surface area (Å²) in [6.45, 7) is -1.20. The first-order chi connectivity index (χ1) is 10.8. The molecule has 0 aliphatic carbocycles. The maximum absolute atomic E-state index is 9.94. The molecule has 11 heteroatoms. The van der Waals surface area contributed by atoms with Gasteiger partial charge in [0.1, 0.15) is 59.7 Å². The maximum atomic E-state index is 9.94. The summed E-state index contributed by atoms with van der Waals surface area (Å²) in [4.78, 5) is 0. The van der Waals surface area contributed by atoms with Crippen LogP contribution in [0.25, 0.3) is 0 Å². The lowest BCUT2D eigenvalue weighted by Crippen LogP contribution is -2.60. The molecule has 0 spiro atoms. The second kappa shape index (κ2) is 7.89. The Balaban J connectivity index is 2.07. The third kappa shape index (κ3) is 3.80. The predicted octanol–water partition coefficient (Wildman–Crippen LogP) is -4.68. The molecule has 2 heterocycles. The Morgan fingerprint density at radius 2 is 0.913 bits per heavy atom. The van der Waals surface area contributed by atoms with Crippen LogP contribution in [0, 0.1) is 0 Å². The molecule has 0 aromatic rings. The molecule has 10 atom stereocenters. The van der Waals surface area contributed by atoms with Crippen molar-refractivity contribution in [3.63, 3.8) is 0 Å². The van der Waals surface area contributed by atoms with E-state index in [9.17, 15) is 30.6 Å². The highest BCUT2D eigenvalue weighted by atomic mass is 32.2. The molecule has 2 rings (SSSR count). The van der Waals surface area contributed by atoms with Crippen molar-refractivity contribution in [1.82, 2.24) is 0 Å². The fourth-order valence-electron chi connectivity index (χ4n) is 2.49. The average molecular weight is 358 g/mol. The molecule has 0 amide bonds. The third-order valence-corrected chi connectivity index (χ3v) is 5.28. The van der Waals surface area contributed by atoms with Crippen LogP contribution in [0.4, 0.5) is 0 Å². The molecule has 6 unspecified atom stereocenters. The summed E-state index contributed by atoms with van der Waals surface area (Å²) < 4.78 is 10.5. The third-order valence-electron chi connectivity index (χ3n) is 3.97. The summed E-state index contributed by atoms with van der Waals surface area (Å²) >= 11 is 0.699. The van der Waals surface area contributed by atoms with Gasteiger partial charge >= 0.3 is 0 Å². The molecule has 10 nitrogen and oxygen atoms in total. The van der Waals surface area contributed by atoms with Crippen molar-refractivity contribution < 1.29 is 50.3 Å². The van der Waals surface area contributed by atoms with Gasteiger partial charge in [-0.05, 0) is 0 Å².